The van der Waals surface area contributed by atoms with Crippen LogP contribution < -0.4 is 0 Å². The molecule has 0 spiro atoms. The molecule has 0 N–H and O–H groups in total. The summed E-state index contributed by atoms with van der Waals surface area (Å²) in [6.45, 7) is 0. The van der Waals surface area contributed by atoms with Crippen molar-refractivity contribution in [3.63, 3.8) is 0 Å². The van der Waals surface area contributed by atoms with Gasteiger partial charge < -0.3 is 0 Å². The van der Waals surface area contributed by atoms with Crippen LogP contribution in [0.3, 0.4) is 0 Å². The van der Waals surface area contributed by atoms with Crippen molar-refractivity contribution in [1.82, 2.24) is 9.97 Å². The summed E-state index contributed by atoms with van der Waals surface area (Å²) in [4.78, 5) is 8.37. The molecular formula is C22H8F10N2Ni. The summed E-state index contributed by atoms with van der Waals surface area (Å²) in [5, 5.41) is 0. The second-order valence-corrected chi connectivity index (χ2v) is 5.82. The topological polar surface area (TPSA) is 25.8 Å². The Morgan fingerprint density at radius 1 is 0.429 bits per heavy atom. The third-order valence-corrected chi connectivity index (χ3v) is 3.57. The van der Waals surface area contributed by atoms with Gasteiger partial charge in [-0.2, -0.15) is 0 Å². The van der Waals surface area contributed by atoms with Crippen LogP contribution in [0.2, 0.25) is 0 Å². The van der Waals surface area contributed by atoms with Gasteiger partial charge in [-0.25, -0.2) is 26.3 Å². The Labute approximate surface area is 201 Å². The van der Waals surface area contributed by atoms with Crippen LogP contribution >= 0.6 is 0 Å². The average molecular weight is 549 g/mol. The molecule has 0 aliphatic rings. The predicted molar refractivity (Wildman–Crippen MR) is 97.6 cm³/mol. The summed E-state index contributed by atoms with van der Waals surface area (Å²) < 4.78 is 120. The zero-order chi connectivity index (χ0) is 25.4. The molecule has 4 rings (SSSR count). The van der Waals surface area contributed by atoms with Crippen LogP contribution in [0.5, 0.6) is 0 Å². The predicted octanol–water partition coefficient (Wildman–Crippen LogP) is 6.51. The van der Waals surface area contributed by atoms with E-state index in [1.54, 1.807) is 12.4 Å². The first-order valence-electron chi connectivity index (χ1n) is 8.68. The fourth-order valence-electron chi connectivity index (χ4n) is 2.02. The molecular weight excluding hydrogens is 541 g/mol. The van der Waals surface area contributed by atoms with Gasteiger partial charge in [0.2, 0.25) is 0 Å². The molecule has 13 heteroatoms. The third kappa shape index (κ3) is 7.78. The largest absolute Gasteiger partial charge is 2.00 e. The van der Waals surface area contributed by atoms with Gasteiger partial charge in [-0.1, -0.05) is 12.1 Å². The Bertz CT molecular complexity index is 1110. The van der Waals surface area contributed by atoms with Gasteiger partial charge in [-0.15, -0.1) is 12.1 Å². The number of benzene rings is 2. The maximum Gasteiger partial charge on any atom is 2.00 e. The van der Waals surface area contributed by atoms with Crippen LogP contribution in [0.1, 0.15) is 0 Å². The standard InChI is InChI=1S/C10H8N2.2C6F5.Ni/c1-3-7-11-9(5-1)10-6-2-4-8-12-10;2*7-2-1-3(8)5(10)6(11)4(2)9;/h1-8H;;;/q;2*-1;+2. The van der Waals surface area contributed by atoms with Gasteiger partial charge in [0.25, 0.3) is 0 Å². The van der Waals surface area contributed by atoms with Crippen molar-refractivity contribution in [3.8, 4) is 11.4 Å². The number of nitrogens with zero attached hydrogens (tertiary/aromatic N) is 2. The molecule has 0 unspecified atom stereocenters. The number of hydrogen-bond donors (Lipinski definition) is 0. The van der Waals surface area contributed by atoms with E-state index in [4.69, 9.17) is 0 Å². The number of aromatic nitrogens is 2. The van der Waals surface area contributed by atoms with Crippen molar-refractivity contribution < 1.29 is 60.4 Å². The molecule has 186 valence electrons. The molecule has 2 heterocycles. The number of halogens is 10. The number of hydrogen-bond acceptors (Lipinski definition) is 2. The quantitative estimate of drug-likeness (QED) is 0.0891. The number of rotatable bonds is 1. The monoisotopic (exact) mass is 548 g/mol. The molecule has 2 aromatic carbocycles. The van der Waals surface area contributed by atoms with Crippen molar-refractivity contribution in [2.45, 2.75) is 0 Å². The van der Waals surface area contributed by atoms with Crippen LogP contribution in [0.4, 0.5) is 43.9 Å². The van der Waals surface area contributed by atoms with E-state index in [-0.39, 0.29) is 16.5 Å². The molecule has 35 heavy (non-hydrogen) atoms. The Balaban J connectivity index is 0.000000259. The summed E-state index contributed by atoms with van der Waals surface area (Å²) in [7, 11) is 0. The Morgan fingerprint density at radius 3 is 0.943 bits per heavy atom. The second-order valence-electron chi connectivity index (χ2n) is 5.82. The van der Waals surface area contributed by atoms with E-state index in [1.807, 2.05) is 36.4 Å². The maximum absolute atomic E-state index is 12.0. The zero-order valence-electron chi connectivity index (χ0n) is 16.6. The van der Waals surface area contributed by atoms with Crippen LogP contribution in [-0.2, 0) is 16.5 Å². The Hall–Kier alpha value is -3.47. The van der Waals surface area contributed by atoms with Crippen molar-refractivity contribution in [3.05, 3.63) is 119 Å². The molecule has 2 aromatic heterocycles. The van der Waals surface area contributed by atoms with Crippen LogP contribution in [0.15, 0.2) is 48.8 Å². The average Bonchev–Trinajstić information content (AvgIpc) is 2.86. The molecule has 0 amide bonds. The summed E-state index contributed by atoms with van der Waals surface area (Å²) >= 11 is 0. The maximum atomic E-state index is 12.0. The van der Waals surface area contributed by atoms with Crippen LogP contribution in [0.25, 0.3) is 11.4 Å². The smallest absolute Gasteiger partial charge is 0.278 e. The molecule has 0 atom stereocenters. The fraction of sp³-hybridized carbons (Fsp3) is 0. The third-order valence-electron chi connectivity index (χ3n) is 3.57. The van der Waals surface area contributed by atoms with E-state index in [0.717, 1.165) is 23.5 Å². The van der Waals surface area contributed by atoms with Gasteiger partial charge in [0.1, 0.15) is 0 Å². The van der Waals surface area contributed by atoms with E-state index in [0.29, 0.717) is 0 Å². The summed E-state index contributed by atoms with van der Waals surface area (Å²) in [6.07, 6.45) is 3.54. The minimum Gasteiger partial charge on any atom is -0.278 e. The molecule has 2 nitrogen and oxygen atoms in total. The molecule has 0 aliphatic carbocycles. The van der Waals surface area contributed by atoms with Crippen molar-refractivity contribution in [1.29, 1.82) is 0 Å². The normalized spacial score (nSPS) is 9.77. The van der Waals surface area contributed by atoms with E-state index >= 15 is 0 Å². The first-order valence-corrected chi connectivity index (χ1v) is 8.68. The molecule has 0 radical (unpaired) electrons. The summed E-state index contributed by atoms with van der Waals surface area (Å²) in [6, 6.07) is 13.6. The first kappa shape index (κ1) is 29.6. The van der Waals surface area contributed by atoms with Crippen molar-refractivity contribution >= 4 is 0 Å². The molecule has 0 fully saturated rings. The van der Waals surface area contributed by atoms with Crippen molar-refractivity contribution in [2.75, 3.05) is 0 Å². The fourth-order valence-corrected chi connectivity index (χ4v) is 2.02. The zero-order valence-corrected chi connectivity index (χ0v) is 17.6. The van der Waals surface area contributed by atoms with E-state index in [1.165, 1.54) is 0 Å². The molecule has 0 bridgehead atoms. The van der Waals surface area contributed by atoms with E-state index in [2.05, 4.69) is 9.97 Å². The van der Waals surface area contributed by atoms with E-state index < -0.39 is 58.2 Å². The molecule has 4 aromatic rings. The summed E-state index contributed by atoms with van der Waals surface area (Å²) in [5.74, 6) is -20.1. The van der Waals surface area contributed by atoms with Gasteiger partial charge in [0.05, 0.1) is 69.6 Å². The molecule has 0 aliphatic heterocycles. The van der Waals surface area contributed by atoms with Gasteiger partial charge in [0, 0.05) is 12.4 Å². The summed E-state index contributed by atoms with van der Waals surface area (Å²) in [5.41, 5.74) is 1.83. The number of pyridine rings is 2. The van der Waals surface area contributed by atoms with Crippen LogP contribution in [0, 0.1) is 70.3 Å². The molecule has 0 saturated heterocycles. The minimum atomic E-state index is -2.17. The Kier molecular flexibility index (Phi) is 11.3. The Morgan fingerprint density at radius 2 is 0.714 bits per heavy atom. The van der Waals surface area contributed by atoms with Crippen LogP contribution in [-0.4, -0.2) is 9.97 Å². The van der Waals surface area contributed by atoms with Crippen molar-refractivity contribution in [2.24, 2.45) is 0 Å². The first-order chi connectivity index (χ1) is 16.0. The second kappa shape index (κ2) is 13.4. The minimum absolute atomic E-state index is 0. The SMILES string of the molecule is Fc1[c-]c(F)c(F)c(F)c1F.Fc1[c-]c(F)c(F)c(F)c1F.[Ni+2].c1ccc(-c2ccccn2)nc1. The van der Waals surface area contributed by atoms with Gasteiger partial charge in [-0.3, -0.25) is 27.5 Å². The van der Waals surface area contributed by atoms with Gasteiger partial charge in [-0.05, 0) is 24.3 Å². The van der Waals surface area contributed by atoms with E-state index in [9.17, 15) is 43.9 Å². The van der Waals surface area contributed by atoms with Gasteiger partial charge >= 0.3 is 16.5 Å². The molecule has 0 saturated carbocycles. The van der Waals surface area contributed by atoms with Gasteiger partial charge in [0.15, 0.2) is 0 Å².